The van der Waals surface area contributed by atoms with Crippen molar-refractivity contribution in [2.75, 3.05) is 103 Å². The van der Waals surface area contributed by atoms with Gasteiger partial charge in [-0.2, -0.15) is 0 Å². The van der Waals surface area contributed by atoms with Gasteiger partial charge in [-0.3, -0.25) is 101 Å². The molecule has 5 rings (SSSR count). The zero-order chi connectivity index (χ0) is 90.9. The number of benzene rings is 3. The van der Waals surface area contributed by atoms with Gasteiger partial charge < -0.3 is 99.6 Å². The predicted molar refractivity (Wildman–Crippen MR) is 451 cm³/mol. The lowest BCUT2D eigenvalue weighted by molar-refractivity contribution is -0.144. The van der Waals surface area contributed by atoms with E-state index in [4.69, 9.17) is 18.0 Å². The van der Waals surface area contributed by atoms with Crippen LogP contribution >= 0.6 is 12.2 Å². The molecule has 5 atom stereocenters. The van der Waals surface area contributed by atoms with Gasteiger partial charge in [0.25, 0.3) is 5.91 Å². The SMILES string of the molecule is NC(=O)[C@@H](CCCCNC(=O)CNC(=O)CCC(=O)NCCc1cnc[nH]1)NC(=O)[C@@H](CCC(=O)O)NC(=O)[C@@H](CCCCNC(=O)CNC(=O)CCC(=O)NCCC1=CN=CC1)CC(=O)[C@@H](Cc1ccc(O)cc1)NC(=O)c1ccc(NCCC(=S)CCc2ccc(C(CN(CCN(CC(=O)O)CC(=O)O)CC(=O)O)N(CC(=O)O)CC(=O)O)cc2)cc1. The van der Waals surface area contributed by atoms with E-state index < -0.39 is 184 Å². The van der Waals surface area contributed by atoms with Crippen LogP contribution in [0.3, 0.4) is 0 Å². The normalized spacial score (nSPS) is 12.7. The fourth-order valence-electron chi connectivity index (χ4n) is 12.9. The van der Waals surface area contributed by atoms with Crippen LogP contribution < -0.4 is 58.9 Å². The van der Waals surface area contributed by atoms with E-state index in [0.29, 0.717) is 79.8 Å². The molecule has 0 aliphatic carbocycles. The second-order valence-electron chi connectivity index (χ2n) is 29.4. The first-order valence-corrected chi connectivity index (χ1v) is 40.8. The van der Waals surface area contributed by atoms with Gasteiger partial charge in [0.15, 0.2) is 5.78 Å². The van der Waals surface area contributed by atoms with Gasteiger partial charge in [-0.1, -0.05) is 55.0 Å². The number of aliphatic imine (C=N–C) groups is 1. The number of ketones is 1. The lowest BCUT2D eigenvalue weighted by Gasteiger charge is -2.34. The van der Waals surface area contributed by atoms with Crippen molar-refractivity contribution in [2.45, 2.75) is 153 Å². The van der Waals surface area contributed by atoms with E-state index in [1.807, 2.05) is 0 Å². The molecule has 0 spiro atoms. The van der Waals surface area contributed by atoms with E-state index in [9.17, 15) is 117 Å². The van der Waals surface area contributed by atoms with Crippen LogP contribution in [0, 0.1) is 5.92 Å². The molecule has 674 valence electrons. The van der Waals surface area contributed by atoms with E-state index in [-0.39, 0.29) is 126 Å². The van der Waals surface area contributed by atoms with Gasteiger partial charge in [0.05, 0.1) is 58.2 Å². The Bertz CT molecular complexity index is 4310. The smallest absolute Gasteiger partial charge is 0.317 e. The number of hydrogen-bond donors (Lipinski definition) is 19. The van der Waals surface area contributed by atoms with Gasteiger partial charge >= 0.3 is 35.8 Å². The maximum Gasteiger partial charge on any atom is 0.317 e. The molecule has 0 bridgehead atoms. The highest BCUT2D eigenvalue weighted by atomic mass is 32.1. The maximum atomic E-state index is 14.9. The predicted octanol–water partition coefficient (Wildman–Crippen LogP) is 0.116. The van der Waals surface area contributed by atoms with Gasteiger partial charge in [0.1, 0.15) is 17.8 Å². The number of anilines is 1. The molecule has 4 aromatic rings. The standard InChI is InChI=1S/C82H111N17O24S/c83-79(120)62(6-2-4-32-88-72(107)44-92-70(105)25-23-68(103)90-35-29-59-42-85-51-93-59)94-82(123)63(21-26-73(108)109)95-81(122)57(5-1-3-31-87-71(106)43-91-69(104)24-22-67(102)89-34-28-54-27-33-84-41-54)40-66(101)64(39-53-9-18-60(100)19-10-53)96-80(121)56-14-16-58(17-15-56)86-36-30-61(124)20-11-52-7-12-55(13-8-52)65(99(49-77(116)117)50-78(118)119)45-97(46-74(110)111)37-38-98(47-75(112)113)48-76(114)115/h7-10,12-19,33,41-42,51,57,62-65,86,100H,1-6,11,20-32,34-40,43-50H2,(H2,83,120)(H,85,93)(H,87,106)(H,88,107)(H,89,102)(H,90,103)(H,91,104)(H,92,105)(H,94,123)(H,95,122)(H,96,121)(H,108,109)(H,110,111)(H,112,113)(H,114,115)(H,116,117)(H,118,119)/t57-,62+,63+,64+,65?/m0/s1. The van der Waals surface area contributed by atoms with Crippen LogP contribution in [0.1, 0.15) is 148 Å². The number of phenolic OH excluding ortho intramolecular Hbond substituents is 1. The Hall–Kier alpha value is -13.0. The number of phenols is 1. The number of carboxylic acids is 6. The number of amides is 10. The van der Waals surface area contributed by atoms with Gasteiger partial charge in [0.2, 0.25) is 53.2 Å². The summed E-state index contributed by atoms with van der Waals surface area (Å²) >= 11 is 5.73. The number of rotatable bonds is 65. The second kappa shape index (κ2) is 55.9. The highest BCUT2D eigenvalue weighted by Crippen LogP contribution is 2.25. The Balaban J connectivity index is 1.23. The van der Waals surface area contributed by atoms with E-state index in [0.717, 1.165) is 26.6 Å². The molecule has 3 aromatic carbocycles. The third-order valence-corrected chi connectivity index (χ3v) is 19.9. The van der Waals surface area contributed by atoms with Crippen LogP contribution in [0.2, 0.25) is 0 Å². The number of aliphatic carboxylic acids is 6. The van der Waals surface area contributed by atoms with Crippen LogP contribution in [0.25, 0.3) is 0 Å². The monoisotopic (exact) mass is 1750 g/mol. The van der Waals surface area contributed by atoms with E-state index >= 15 is 0 Å². The van der Waals surface area contributed by atoms with E-state index in [2.05, 4.69) is 68.1 Å². The number of aromatic amines is 1. The molecular formula is C82H111N17O24S. The number of nitrogens with two attached hydrogens (primary N) is 1. The summed E-state index contributed by atoms with van der Waals surface area (Å²) in [5.74, 6) is -16.7. The summed E-state index contributed by atoms with van der Waals surface area (Å²) in [6, 6.07) is 13.3. The lowest BCUT2D eigenvalue weighted by atomic mass is 9.90. The number of Topliss-reactive ketones (excluding diaryl/α,β-unsaturated/α-hetero) is 1. The maximum absolute atomic E-state index is 14.9. The third-order valence-electron chi connectivity index (χ3n) is 19.5. The van der Waals surface area contributed by atoms with Crippen LogP contribution in [-0.4, -0.2) is 288 Å². The molecule has 0 saturated heterocycles. The van der Waals surface area contributed by atoms with Crippen molar-refractivity contribution in [1.82, 2.24) is 72.5 Å². The molecule has 1 aromatic heterocycles. The molecule has 1 unspecified atom stereocenters. The van der Waals surface area contributed by atoms with Crippen molar-refractivity contribution in [3.05, 3.63) is 125 Å². The van der Waals surface area contributed by atoms with Crippen molar-refractivity contribution in [3.8, 4) is 5.75 Å². The van der Waals surface area contributed by atoms with Crippen LogP contribution in [0.5, 0.6) is 5.75 Å². The van der Waals surface area contributed by atoms with Crippen molar-refractivity contribution >= 4 is 130 Å². The minimum atomic E-state index is -1.63. The van der Waals surface area contributed by atoms with E-state index in [1.54, 1.807) is 55.0 Å². The quantitative estimate of drug-likeness (QED) is 0.0206. The first-order valence-electron chi connectivity index (χ1n) is 40.4. The largest absolute Gasteiger partial charge is 0.508 e. The molecule has 41 nitrogen and oxygen atoms in total. The molecule has 1 aliphatic heterocycles. The number of primary amides is 1. The van der Waals surface area contributed by atoms with Gasteiger partial charge in [-0.05, 0) is 134 Å². The zero-order valence-corrected chi connectivity index (χ0v) is 69.5. The molecule has 20 N–H and O–H groups in total. The molecule has 1 aliphatic rings. The van der Waals surface area contributed by atoms with Crippen molar-refractivity contribution in [2.24, 2.45) is 16.6 Å². The molecule has 0 saturated carbocycles. The van der Waals surface area contributed by atoms with Crippen molar-refractivity contribution in [1.29, 1.82) is 0 Å². The van der Waals surface area contributed by atoms with Crippen LogP contribution in [0.15, 0.2) is 102 Å². The first-order chi connectivity index (χ1) is 59.2. The highest BCUT2D eigenvalue weighted by Gasteiger charge is 2.34. The van der Waals surface area contributed by atoms with Crippen molar-refractivity contribution < 1.29 is 117 Å². The molecule has 0 radical (unpaired) electrons. The van der Waals surface area contributed by atoms with Crippen molar-refractivity contribution in [3.63, 3.8) is 0 Å². The number of imidazole rings is 1. The summed E-state index contributed by atoms with van der Waals surface area (Å²) < 4.78 is 0. The van der Waals surface area contributed by atoms with Gasteiger partial charge in [0, 0.05) is 151 Å². The minimum absolute atomic E-state index is 0.0115. The average molecular weight is 1750 g/mol. The third kappa shape index (κ3) is 43.0. The number of nitrogens with one attached hydrogen (secondary N) is 11. The number of nitrogens with zero attached hydrogens (tertiary/aromatic N) is 5. The number of H-pyrrole nitrogens is 1. The van der Waals surface area contributed by atoms with Crippen LogP contribution in [0.4, 0.5) is 5.69 Å². The summed E-state index contributed by atoms with van der Waals surface area (Å²) in [4.78, 5) is 232. The van der Waals surface area contributed by atoms with Crippen LogP contribution in [-0.2, 0) is 96.0 Å². The van der Waals surface area contributed by atoms with Gasteiger partial charge in [-0.25, -0.2) is 4.98 Å². The number of thiocarbonyl (C=S) groups is 1. The number of hydrogen-bond acceptors (Lipinski definition) is 25. The average Bonchev–Trinajstić information content (AvgIpc) is 0.993. The van der Waals surface area contributed by atoms with Gasteiger partial charge in [-0.15, -0.1) is 0 Å². The summed E-state index contributed by atoms with van der Waals surface area (Å²) in [6.45, 7) is -3.86. The summed E-state index contributed by atoms with van der Waals surface area (Å²) in [5.41, 5.74) is 9.96. The lowest BCUT2D eigenvalue weighted by Crippen LogP contribution is -2.54. The Kier molecular flexibility index (Phi) is 45.8. The highest BCUT2D eigenvalue weighted by molar-refractivity contribution is 7.80. The molecule has 0 fully saturated rings. The zero-order valence-electron chi connectivity index (χ0n) is 68.7. The second-order valence-corrected chi connectivity index (χ2v) is 30.0. The minimum Gasteiger partial charge on any atom is -0.508 e. The summed E-state index contributed by atoms with van der Waals surface area (Å²) in [7, 11) is 0. The number of aryl methyl sites for hydroxylation is 1. The number of carbonyl (C=O) groups excluding carboxylic acids is 11. The molecule has 10 amide bonds. The number of carbonyl (C=O) groups is 17. The molecule has 42 heteroatoms. The fourth-order valence-corrected chi connectivity index (χ4v) is 13.1. The molecule has 124 heavy (non-hydrogen) atoms. The molecule has 2 heterocycles. The Morgan fingerprint density at radius 3 is 1.56 bits per heavy atom. The Morgan fingerprint density at radius 1 is 0.492 bits per heavy atom. The fraction of sp³-hybridized carbons (Fsp3) is 0.488. The summed E-state index contributed by atoms with van der Waals surface area (Å²) in [6.07, 6.45) is 7.75. The van der Waals surface area contributed by atoms with E-state index in [1.165, 1.54) is 47.6 Å². The summed E-state index contributed by atoms with van der Waals surface area (Å²) in [5, 5.41) is 94.7. The number of aromatic nitrogens is 2. The number of aromatic hydroxyl groups is 1. The first kappa shape index (κ1) is 102. The number of unbranched alkanes of at least 4 members (excludes halogenated alkanes) is 2. The topological polar surface area (TPSA) is 629 Å². The Labute approximate surface area is 719 Å². The Morgan fingerprint density at radius 2 is 1.02 bits per heavy atom. The number of carboxylic acid groups (broad SMARTS) is 6. The molecular weight excluding hydrogens is 1640 g/mol.